The van der Waals surface area contributed by atoms with Crippen LogP contribution in [0.5, 0.6) is 0 Å². The highest BCUT2D eigenvalue weighted by molar-refractivity contribution is 5.99. The third kappa shape index (κ3) is 2.90. The molecular weight excluding hydrogens is 272 g/mol. The van der Waals surface area contributed by atoms with Crippen LogP contribution in [0.1, 0.15) is 28.5 Å². The van der Waals surface area contributed by atoms with Crippen LogP contribution in [-0.2, 0) is 4.79 Å². The third-order valence-electron chi connectivity index (χ3n) is 3.62. The molecular formula is C15H18N2O4. The lowest BCUT2D eigenvalue weighted by Gasteiger charge is -2.18. The molecule has 0 saturated carbocycles. The van der Waals surface area contributed by atoms with E-state index in [1.807, 2.05) is 13.8 Å². The Kier molecular flexibility index (Phi) is 3.74. The monoisotopic (exact) mass is 290 g/mol. The number of carbonyl (C=O) groups is 2. The second kappa shape index (κ2) is 5.21. The molecule has 0 aliphatic heterocycles. The summed E-state index contributed by atoms with van der Waals surface area (Å²) in [5.74, 6) is -1.80. The largest absolute Gasteiger partial charge is 0.479 e. The molecule has 0 spiro atoms. The summed E-state index contributed by atoms with van der Waals surface area (Å²) < 4.78 is 0. The summed E-state index contributed by atoms with van der Waals surface area (Å²) in [4.78, 5) is 26.1. The first-order valence-corrected chi connectivity index (χ1v) is 6.55. The maximum Gasteiger partial charge on any atom is 0.337 e. The highest BCUT2D eigenvalue weighted by atomic mass is 16.4. The van der Waals surface area contributed by atoms with E-state index in [4.69, 9.17) is 5.11 Å². The number of aromatic amines is 1. The Balaban J connectivity index is 2.20. The van der Waals surface area contributed by atoms with Gasteiger partial charge in [0.2, 0.25) is 0 Å². The summed E-state index contributed by atoms with van der Waals surface area (Å²) in [6, 6.07) is 5.21. The van der Waals surface area contributed by atoms with Gasteiger partial charge in [0.25, 0.3) is 5.91 Å². The van der Waals surface area contributed by atoms with Gasteiger partial charge in [-0.25, -0.2) is 4.79 Å². The molecule has 1 aromatic carbocycles. The van der Waals surface area contributed by atoms with Crippen LogP contribution in [0.15, 0.2) is 18.2 Å². The molecule has 6 heteroatoms. The minimum absolute atomic E-state index is 0.357. The number of aromatic nitrogens is 1. The van der Waals surface area contributed by atoms with Gasteiger partial charge in [0.05, 0.1) is 6.54 Å². The minimum atomic E-state index is -1.99. The van der Waals surface area contributed by atoms with Crippen LogP contribution in [-0.4, -0.2) is 39.2 Å². The van der Waals surface area contributed by atoms with Crippen molar-refractivity contribution >= 4 is 22.8 Å². The predicted octanol–water partition coefficient (Wildman–Crippen LogP) is 1.35. The molecule has 6 nitrogen and oxygen atoms in total. The van der Waals surface area contributed by atoms with E-state index in [9.17, 15) is 14.7 Å². The van der Waals surface area contributed by atoms with Crippen LogP contribution >= 0.6 is 0 Å². The maximum absolute atomic E-state index is 12.1. The number of H-pyrrole nitrogens is 1. The average molecular weight is 290 g/mol. The first-order valence-electron chi connectivity index (χ1n) is 6.55. The molecule has 0 saturated heterocycles. The fraction of sp³-hybridized carbons (Fsp3) is 0.333. The number of nitrogens with one attached hydrogen (secondary N) is 2. The molecule has 0 radical (unpaired) electrons. The van der Waals surface area contributed by atoms with Crippen molar-refractivity contribution in [1.82, 2.24) is 10.3 Å². The number of amides is 1. The van der Waals surface area contributed by atoms with Gasteiger partial charge in [-0.05, 0) is 44.5 Å². The third-order valence-corrected chi connectivity index (χ3v) is 3.62. The van der Waals surface area contributed by atoms with Crippen molar-refractivity contribution in [3.05, 3.63) is 35.0 Å². The number of carboxylic acids is 1. The van der Waals surface area contributed by atoms with E-state index >= 15 is 0 Å². The maximum atomic E-state index is 12.1. The first-order chi connectivity index (χ1) is 9.72. The number of benzene rings is 1. The second-order valence-corrected chi connectivity index (χ2v) is 5.40. The predicted molar refractivity (Wildman–Crippen MR) is 78.4 cm³/mol. The Morgan fingerprint density at radius 1 is 1.33 bits per heavy atom. The molecule has 1 unspecified atom stereocenters. The van der Waals surface area contributed by atoms with Crippen LogP contribution in [0.25, 0.3) is 10.9 Å². The van der Waals surface area contributed by atoms with E-state index in [1.54, 1.807) is 18.2 Å². The zero-order chi connectivity index (χ0) is 15.8. The molecule has 0 aliphatic carbocycles. The lowest BCUT2D eigenvalue weighted by atomic mass is 10.1. The average Bonchev–Trinajstić information content (AvgIpc) is 2.71. The van der Waals surface area contributed by atoms with Crippen molar-refractivity contribution in [2.24, 2.45) is 0 Å². The number of aliphatic hydroxyl groups is 1. The molecule has 0 bridgehead atoms. The smallest absolute Gasteiger partial charge is 0.337 e. The van der Waals surface area contributed by atoms with Crippen LogP contribution in [0.3, 0.4) is 0 Å². The van der Waals surface area contributed by atoms with Crippen molar-refractivity contribution in [1.29, 1.82) is 0 Å². The molecule has 1 heterocycles. The molecule has 4 N–H and O–H groups in total. The standard InChI is InChI=1S/C15H18N2O4/c1-8-9(2)17-12-5-4-10(6-11(8)12)13(18)16-7-15(3,21)14(19)20/h4-6,17,21H,7H2,1-3H3,(H,16,18)(H,19,20). The Morgan fingerprint density at radius 3 is 2.62 bits per heavy atom. The second-order valence-electron chi connectivity index (χ2n) is 5.40. The Bertz CT molecular complexity index is 716. The van der Waals surface area contributed by atoms with E-state index in [-0.39, 0.29) is 6.54 Å². The molecule has 2 rings (SSSR count). The summed E-state index contributed by atoms with van der Waals surface area (Å²) in [6.45, 7) is 4.70. The highest BCUT2D eigenvalue weighted by Gasteiger charge is 2.30. The SMILES string of the molecule is Cc1[nH]c2ccc(C(=O)NCC(C)(O)C(=O)O)cc2c1C. The number of carboxylic acid groups (broad SMARTS) is 1. The molecule has 112 valence electrons. The number of rotatable bonds is 4. The molecule has 1 aromatic heterocycles. The normalized spacial score (nSPS) is 13.9. The van der Waals surface area contributed by atoms with Gasteiger partial charge in [-0.15, -0.1) is 0 Å². The minimum Gasteiger partial charge on any atom is -0.479 e. The fourth-order valence-electron chi connectivity index (χ4n) is 2.03. The summed E-state index contributed by atoms with van der Waals surface area (Å²) in [7, 11) is 0. The topological polar surface area (TPSA) is 102 Å². The van der Waals surface area contributed by atoms with Gasteiger partial charge in [-0.2, -0.15) is 0 Å². The number of hydrogen-bond acceptors (Lipinski definition) is 3. The van der Waals surface area contributed by atoms with Crippen molar-refractivity contribution in [3.63, 3.8) is 0 Å². The Morgan fingerprint density at radius 2 is 2.00 bits per heavy atom. The number of fused-ring (bicyclic) bond motifs is 1. The highest BCUT2D eigenvalue weighted by Crippen LogP contribution is 2.22. The van der Waals surface area contributed by atoms with E-state index in [0.717, 1.165) is 29.1 Å². The summed E-state index contributed by atoms with van der Waals surface area (Å²) in [5.41, 5.74) is 1.48. The summed E-state index contributed by atoms with van der Waals surface area (Å²) in [6.07, 6.45) is 0. The molecule has 1 atom stereocenters. The van der Waals surface area contributed by atoms with E-state index in [0.29, 0.717) is 5.56 Å². The van der Waals surface area contributed by atoms with Gasteiger partial charge in [0.1, 0.15) is 0 Å². The Hall–Kier alpha value is -2.34. The number of hydrogen-bond donors (Lipinski definition) is 4. The van der Waals surface area contributed by atoms with Gasteiger partial charge in [-0.1, -0.05) is 0 Å². The van der Waals surface area contributed by atoms with E-state index < -0.39 is 17.5 Å². The van der Waals surface area contributed by atoms with Crippen molar-refractivity contribution in [2.45, 2.75) is 26.4 Å². The first kappa shape index (κ1) is 15.1. The number of carbonyl (C=O) groups excluding carboxylic acids is 1. The van der Waals surface area contributed by atoms with Crippen LogP contribution in [0, 0.1) is 13.8 Å². The summed E-state index contributed by atoms with van der Waals surface area (Å²) in [5, 5.41) is 21.8. The quantitative estimate of drug-likeness (QED) is 0.682. The van der Waals surface area contributed by atoms with Crippen molar-refractivity contribution in [3.8, 4) is 0 Å². The molecule has 2 aromatic rings. The van der Waals surface area contributed by atoms with Gasteiger partial charge in [0.15, 0.2) is 5.60 Å². The zero-order valence-corrected chi connectivity index (χ0v) is 12.2. The van der Waals surface area contributed by atoms with Crippen molar-refractivity contribution < 1.29 is 19.8 Å². The van der Waals surface area contributed by atoms with Crippen LogP contribution in [0.2, 0.25) is 0 Å². The van der Waals surface area contributed by atoms with Crippen LogP contribution < -0.4 is 5.32 Å². The lowest BCUT2D eigenvalue weighted by Crippen LogP contribution is -2.46. The molecule has 1 amide bonds. The Labute approximate surface area is 121 Å². The molecule has 0 fully saturated rings. The summed E-state index contributed by atoms with van der Waals surface area (Å²) >= 11 is 0. The van der Waals surface area contributed by atoms with Crippen molar-refractivity contribution in [2.75, 3.05) is 6.54 Å². The van der Waals surface area contributed by atoms with E-state index in [1.165, 1.54) is 0 Å². The van der Waals surface area contributed by atoms with Gasteiger partial charge in [-0.3, -0.25) is 4.79 Å². The molecule has 0 aliphatic rings. The van der Waals surface area contributed by atoms with Gasteiger partial charge in [0, 0.05) is 22.2 Å². The lowest BCUT2D eigenvalue weighted by molar-refractivity contribution is -0.155. The van der Waals surface area contributed by atoms with Gasteiger partial charge < -0.3 is 20.5 Å². The molecule has 21 heavy (non-hydrogen) atoms. The fourth-order valence-corrected chi connectivity index (χ4v) is 2.03. The van der Waals surface area contributed by atoms with E-state index in [2.05, 4.69) is 10.3 Å². The van der Waals surface area contributed by atoms with Crippen LogP contribution in [0.4, 0.5) is 0 Å². The number of aliphatic carboxylic acids is 1. The number of aryl methyl sites for hydroxylation is 2. The van der Waals surface area contributed by atoms with Gasteiger partial charge >= 0.3 is 5.97 Å². The zero-order valence-electron chi connectivity index (χ0n) is 12.2.